The van der Waals surface area contributed by atoms with Gasteiger partial charge in [0.15, 0.2) is 0 Å². The third-order valence-corrected chi connectivity index (χ3v) is 4.48. The molecule has 1 unspecified atom stereocenters. The monoisotopic (exact) mass is 279 g/mol. The van der Waals surface area contributed by atoms with Crippen LogP contribution >= 0.6 is 11.6 Å². The Balaban J connectivity index is 1.71. The van der Waals surface area contributed by atoms with Crippen LogP contribution in [0.15, 0.2) is 18.2 Å². The van der Waals surface area contributed by atoms with E-state index in [4.69, 9.17) is 16.3 Å². The van der Waals surface area contributed by atoms with Gasteiger partial charge in [-0.1, -0.05) is 18.0 Å². The maximum atomic E-state index is 6.14. The highest BCUT2D eigenvalue weighted by Crippen LogP contribution is 2.30. The molecule has 2 nitrogen and oxygen atoms in total. The molecule has 1 N–H and O–H groups in total. The lowest BCUT2D eigenvalue weighted by atomic mass is 9.95. The number of halogens is 1. The standard InChI is InChI=1S/C16H22ClNO/c17-13-7-8-16(19-15-5-3-6-15)12(10-13)11-14-4-1-2-9-18-14/h7-8,10,14-15,18H,1-6,9,11H2. The molecule has 0 bridgehead atoms. The topological polar surface area (TPSA) is 21.3 Å². The van der Waals surface area contributed by atoms with Crippen molar-refractivity contribution >= 4 is 11.6 Å². The minimum Gasteiger partial charge on any atom is -0.490 e. The minimum atomic E-state index is 0.430. The first-order chi connectivity index (χ1) is 9.31. The van der Waals surface area contributed by atoms with Crippen molar-refractivity contribution in [3.05, 3.63) is 28.8 Å². The lowest BCUT2D eigenvalue weighted by Gasteiger charge is -2.29. The molecule has 0 spiro atoms. The summed E-state index contributed by atoms with van der Waals surface area (Å²) < 4.78 is 6.09. The fraction of sp³-hybridized carbons (Fsp3) is 0.625. The van der Waals surface area contributed by atoms with Crippen molar-refractivity contribution in [2.45, 2.75) is 57.1 Å². The van der Waals surface area contributed by atoms with Crippen LogP contribution in [-0.2, 0) is 6.42 Å². The molecule has 3 rings (SSSR count). The van der Waals surface area contributed by atoms with Gasteiger partial charge < -0.3 is 10.1 Å². The third kappa shape index (κ3) is 3.43. The van der Waals surface area contributed by atoms with Crippen molar-refractivity contribution in [2.24, 2.45) is 0 Å². The Kier molecular flexibility index (Phi) is 4.29. The van der Waals surface area contributed by atoms with Gasteiger partial charge in [-0.15, -0.1) is 0 Å². The number of piperidine rings is 1. The molecule has 1 aromatic carbocycles. The number of rotatable bonds is 4. The summed E-state index contributed by atoms with van der Waals surface area (Å²) in [6, 6.07) is 6.63. The number of benzene rings is 1. The second kappa shape index (κ2) is 6.15. The molecule has 1 aliphatic carbocycles. The van der Waals surface area contributed by atoms with E-state index in [9.17, 15) is 0 Å². The molecule has 1 saturated carbocycles. The van der Waals surface area contributed by atoms with Gasteiger partial charge in [0.2, 0.25) is 0 Å². The van der Waals surface area contributed by atoms with Crippen LogP contribution in [0.25, 0.3) is 0 Å². The Morgan fingerprint density at radius 2 is 2.05 bits per heavy atom. The van der Waals surface area contributed by atoms with Crippen molar-refractivity contribution in [3.8, 4) is 5.75 Å². The second-order valence-electron chi connectivity index (χ2n) is 5.77. The van der Waals surface area contributed by atoms with Gasteiger partial charge in [0.05, 0.1) is 6.10 Å². The van der Waals surface area contributed by atoms with Crippen LogP contribution < -0.4 is 10.1 Å². The average Bonchev–Trinajstić information content (AvgIpc) is 2.37. The third-order valence-electron chi connectivity index (χ3n) is 4.25. The quantitative estimate of drug-likeness (QED) is 0.901. The molecule has 0 amide bonds. The van der Waals surface area contributed by atoms with Crippen LogP contribution in [0, 0.1) is 0 Å². The highest BCUT2D eigenvalue weighted by Gasteiger charge is 2.21. The molecule has 1 aromatic rings. The molecular weight excluding hydrogens is 258 g/mol. The molecule has 2 fully saturated rings. The van der Waals surface area contributed by atoms with E-state index < -0.39 is 0 Å². The predicted octanol–water partition coefficient (Wildman–Crippen LogP) is 3.96. The Morgan fingerprint density at radius 1 is 1.16 bits per heavy atom. The average molecular weight is 280 g/mol. The van der Waals surface area contributed by atoms with Gasteiger partial charge in [0.25, 0.3) is 0 Å². The fourth-order valence-electron chi connectivity index (χ4n) is 2.85. The molecule has 0 radical (unpaired) electrons. The van der Waals surface area contributed by atoms with Crippen LogP contribution in [0.1, 0.15) is 44.1 Å². The summed E-state index contributed by atoms with van der Waals surface area (Å²) in [5.74, 6) is 1.04. The number of hydrogen-bond acceptors (Lipinski definition) is 2. The molecular formula is C16H22ClNO. The van der Waals surface area contributed by atoms with Gasteiger partial charge >= 0.3 is 0 Å². The summed E-state index contributed by atoms with van der Waals surface area (Å²) in [5.41, 5.74) is 1.26. The summed E-state index contributed by atoms with van der Waals surface area (Å²) in [6.45, 7) is 1.14. The second-order valence-corrected chi connectivity index (χ2v) is 6.21. The van der Waals surface area contributed by atoms with E-state index in [2.05, 4.69) is 11.4 Å². The van der Waals surface area contributed by atoms with Crippen LogP contribution in [0.3, 0.4) is 0 Å². The largest absolute Gasteiger partial charge is 0.490 e. The van der Waals surface area contributed by atoms with E-state index >= 15 is 0 Å². The number of nitrogens with one attached hydrogen (secondary N) is 1. The lowest BCUT2D eigenvalue weighted by molar-refractivity contribution is 0.119. The van der Waals surface area contributed by atoms with E-state index in [1.165, 1.54) is 44.1 Å². The van der Waals surface area contributed by atoms with Gasteiger partial charge in [-0.3, -0.25) is 0 Å². The Bertz CT molecular complexity index is 425. The van der Waals surface area contributed by atoms with E-state index in [-0.39, 0.29) is 0 Å². The van der Waals surface area contributed by atoms with E-state index in [1.807, 2.05) is 12.1 Å². The number of ether oxygens (including phenoxy) is 1. The maximum Gasteiger partial charge on any atom is 0.123 e. The van der Waals surface area contributed by atoms with Gasteiger partial charge in [-0.05, 0) is 68.8 Å². The molecule has 1 heterocycles. The zero-order valence-corrected chi connectivity index (χ0v) is 12.1. The van der Waals surface area contributed by atoms with Crippen molar-refractivity contribution in [3.63, 3.8) is 0 Å². The molecule has 3 heteroatoms. The predicted molar refractivity (Wildman–Crippen MR) is 79.1 cm³/mol. The van der Waals surface area contributed by atoms with E-state index in [0.717, 1.165) is 23.7 Å². The SMILES string of the molecule is Clc1ccc(OC2CCC2)c(CC2CCCCN2)c1. The zero-order valence-electron chi connectivity index (χ0n) is 11.3. The van der Waals surface area contributed by atoms with Crippen molar-refractivity contribution < 1.29 is 4.74 Å². The summed E-state index contributed by atoms with van der Waals surface area (Å²) in [7, 11) is 0. The molecule has 19 heavy (non-hydrogen) atoms. The molecule has 0 aromatic heterocycles. The first kappa shape index (κ1) is 13.3. The highest BCUT2D eigenvalue weighted by atomic mass is 35.5. The van der Waals surface area contributed by atoms with Gasteiger partial charge in [-0.2, -0.15) is 0 Å². The normalized spacial score (nSPS) is 23.9. The first-order valence-electron chi connectivity index (χ1n) is 7.50. The zero-order chi connectivity index (χ0) is 13.1. The minimum absolute atomic E-state index is 0.430. The maximum absolute atomic E-state index is 6.14. The summed E-state index contributed by atoms with van der Waals surface area (Å²) >= 11 is 6.14. The van der Waals surface area contributed by atoms with Crippen molar-refractivity contribution in [2.75, 3.05) is 6.54 Å². The van der Waals surface area contributed by atoms with Crippen LogP contribution in [0.2, 0.25) is 5.02 Å². The molecule has 2 aliphatic rings. The highest BCUT2D eigenvalue weighted by molar-refractivity contribution is 6.30. The molecule has 104 valence electrons. The Labute approximate surface area is 120 Å². The van der Waals surface area contributed by atoms with E-state index in [0.29, 0.717) is 12.1 Å². The van der Waals surface area contributed by atoms with Gasteiger partial charge in [0.1, 0.15) is 5.75 Å². The molecule has 1 aliphatic heterocycles. The van der Waals surface area contributed by atoms with Crippen LogP contribution in [0.5, 0.6) is 5.75 Å². The number of hydrogen-bond donors (Lipinski definition) is 1. The lowest BCUT2D eigenvalue weighted by Crippen LogP contribution is -2.35. The van der Waals surface area contributed by atoms with Gasteiger partial charge in [0, 0.05) is 11.1 Å². The van der Waals surface area contributed by atoms with E-state index in [1.54, 1.807) is 0 Å². The summed E-state index contributed by atoms with van der Waals surface area (Å²) in [4.78, 5) is 0. The van der Waals surface area contributed by atoms with Crippen molar-refractivity contribution in [1.82, 2.24) is 5.32 Å². The Hall–Kier alpha value is -0.730. The Morgan fingerprint density at radius 3 is 2.74 bits per heavy atom. The summed E-state index contributed by atoms with van der Waals surface area (Å²) in [5, 5.41) is 4.41. The smallest absolute Gasteiger partial charge is 0.123 e. The first-order valence-corrected chi connectivity index (χ1v) is 7.87. The fourth-order valence-corrected chi connectivity index (χ4v) is 3.05. The molecule has 1 saturated heterocycles. The van der Waals surface area contributed by atoms with Gasteiger partial charge in [-0.25, -0.2) is 0 Å². The van der Waals surface area contributed by atoms with Crippen LogP contribution in [0.4, 0.5) is 0 Å². The summed E-state index contributed by atoms with van der Waals surface area (Å²) in [6.07, 6.45) is 9.05. The van der Waals surface area contributed by atoms with Crippen molar-refractivity contribution in [1.29, 1.82) is 0 Å². The van der Waals surface area contributed by atoms with Crippen LogP contribution in [-0.4, -0.2) is 18.7 Å². The molecule has 1 atom stereocenters.